The van der Waals surface area contributed by atoms with Gasteiger partial charge in [-0.05, 0) is 37.3 Å². The van der Waals surface area contributed by atoms with Gasteiger partial charge in [-0.25, -0.2) is 0 Å². The molecule has 0 fully saturated rings. The minimum Gasteiger partial charge on any atom is -0.497 e. The maximum atomic E-state index is 11.3. The van der Waals surface area contributed by atoms with Crippen LogP contribution in [0.3, 0.4) is 0 Å². The third kappa shape index (κ3) is 4.60. The number of nitrogens with one attached hydrogen (secondary N) is 1. The second-order valence-corrected chi connectivity index (χ2v) is 4.86. The van der Waals surface area contributed by atoms with Gasteiger partial charge in [-0.15, -0.1) is 0 Å². The van der Waals surface area contributed by atoms with Crippen LogP contribution in [0.2, 0.25) is 0 Å². The molecule has 2 rings (SSSR count). The zero-order valence-electron chi connectivity index (χ0n) is 14.2. The predicted molar refractivity (Wildman–Crippen MR) is 95.0 cm³/mol. The van der Waals surface area contributed by atoms with Crippen molar-refractivity contribution in [1.29, 1.82) is 0 Å². The van der Waals surface area contributed by atoms with Gasteiger partial charge in [-0.2, -0.15) is 5.10 Å². The van der Waals surface area contributed by atoms with Gasteiger partial charge in [0.15, 0.2) is 5.75 Å². The zero-order chi connectivity index (χ0) is 18.2. The molecule has 0 saturated heterocycles. The first-order valence-corrected chi connectivity index (χ1v) is 7.51. The Hall–Kier alpha value is -3.29. The Morgan fingerprint density at radius 2 is 1.92 bits per heavy atom. The molecule has 0 saturated carbocycles. The summed E-state index contributed by atoms with van der Waals surface area (Å²) in [6.45, 7) is 2.04. The summed E-state index contributed by atoms with van der Waals surface area (Å²) in [6, 6.07) is 10.2. The first-order valence-electron chi connectivity index (χ1n) is 7.51. The van der Waals surface area contributed by atoms with E-state index in [9.17, 15) is 10.1 Å². The van der Waals surface area contributed by atoms with E-state index in [1.54, 1.807) is 44.4 Å². The van der Waals surface area contributed by atoms with Crippen molar-refractivity contribution >= 4 is 17.6 Å². The number of hydrogen-bond acceptors (Lipinski definition) is 7. The molecule has 0 heterocycles. The van der Waals surface area contributed by atoms with E-state index >= 15 is 0 Å². The number of nitro benzene ring substituents is 1. The van der Waals surface area contributed by atoms with Crippen molar-refractivity contribution in [2.75, 3.05) is 26.3 Å². The molecule has 0 aliphatic heterocycles. The molecular formula is C17H19N3O5. The molecular weight excluding hydrogens is 326 g/mol. The van der Waals surface area contributed by atoms with Gasteiger partial charge in [-0.1, -0.05) is 0 Å². The lowest BCUT2D eigenvalue weighted by Gasteiger charge is -2.10. The van der Waals surface area contributed by atoms with E-state index in [0.29, 0.717) is 12.2 Å². The molecule has 0 atom stereocenters. The molecule has 0 aromatic heterocycles. The minimum absolute atomic E-state index is 0.107. The van der Waals surface area contributed by atoms with E-state index in [2.05, 4.69) is 10.5 Å². The highest BCUT2D eigenvalue weighted by molar-refractivity contribution is 5.83. The fourth-order valence-electron chi connectivity index (χ4n) is 2.11. The Morgan fingerprint density at radius 3 is 2.48 bits per heavy atom. The lowest BCUT2D eigenvalue weighted by atomic mass is 10.2. The Kier molecular flexibility index (Phi) is 6.16. The molecule has 0 amide bonds. The van der Waals surface area contributed by atoms with Gasteiger partial charge in [-0.3, -0.25) is 15.5 Å². The topological polar surface area (TPSA) is 95.2 Å². The van der Waals surface area contributed by atoms with E-state index in [-0.39, 0.29) is 17.2 Å². The van der Waals surface area contributed by atoms with Crippen LogP contribution in [-0.2, 0) is 0 Å². The van der Waals surface area contributed by atoms with Crippen LogP contribution in [0.4, 0.5) is 11.4 Å². The average Bonchev–Trinajstić information content (AvgIpc) is 2.63. The Labute approximate surface area is 145 Å². The molecule has 132 valence electrons. The highest BCUT2D eigenvalue weighted by atomic mass is 16.6. The van der Waals surface area contributed by atoms with Crippen molar-refractivity contribution < 1.29 is 19.1 Å². The molecule has 0 radical (unpaired) electrons. The number of rotatable bonds is 8. The van der Waals surface area contributed by atoms with Crippen LogP contribution in [0.1, 0.15) is 12.5 Å². The van der Waals surface area contributed by atoms with E-state index in [1.165, 1.54) is 19.4 Å². The van der Waals surface area contributed by atoms with Crippen molar-refractivity contribution in [1.82, 2.24) is 0 Å². The first-order chi connectivity index (χ1) is 12.1. The Balaban J connectivity index is 2.22. The summed E-state index contributed by atoms with van der Waals surface area (Å²) in [5.41, 5.74) is 3.93. The summed E-state index contributed by atoms with van der Waals surface area (Å²) in [6.07, 6.45) is 1.47. The molecule has 0 unspecified atom stereocenters. The number of anilines is 1. The second kappa shape index (κ2) is 8.53. The summed E-state index contributed by atoms with van der Waals surface area (Å²) in [4.78, 5) is 10.8. The number of hydrogen-bond donors (Lipinski definition) is 1. The van der Waals surface area contributed by atoms with Crippen molar-refractivity contribution in [3.63, 3.8) is 0 Å². The first kappa shape index (κ1) is 18.1. The quantitative estimate of drug-likeness (QED) is 0.447. The summed E-state index contributed by atoms with van der Waals surface area (Å²) in [7, 11) is 3.02. The number of ether oxygens (including phenoxy) is 3. The van der Waals surface area contributed by atoms with Gasteiger partial charge in [0.1, 0.15) is 5.75 Å². The van der Waals surface area contributed by atoms with E-state index in [4.69, 9.17) is 14.2 Å². The van der Waals surface area contributed by atoms with Gasteiger partial charge in [0.05, 0.1) is 37.7 Å². The van der Waals surface area contributed by atoms with Gasteiger partial charge in [0.25, 0.3) is 0 Å². The fourth-order valence-corrected chi connectivity index (χ4v) is 2.11. The highest BCUT2D eigenvalue weighted by Gasteiger charge is 2.21. The number of hydrazone groups is 1. The zero-order valence-corrected chi connectivity index (χ0v) is 14.2. The fraction of sp³-hybridized carbons (Fsp3) is 0.235. The molecule has 0 aliphatic rings. The molecule has 0 spiro atoms. The maximum absolute atomic E-state index is 11.3. The van der Waals surface area contributed by atoms with Crippen LogP contribution in [0, 0.1) is 10.1 Å². The van der Waals surface area contributed by atoms with Gasteiger partial charge in [0, 0.05) is 11.6 Å². The van der Waals surface area contributed by atoms with Crippen LogP contribution >= 0.6 is 0 Å². The number of benzene rings is 2. The monoisotopic (exact) mass is 345 g/mol. The van der Waals surface area contributed by atoms with Crippen LogP contribution in [-0.4, -0.2) is 32.0 Å². The summed E-state index contributed by atoms with van der Waals surface area (Å²) in [5.74, 6) is 1.12. The third-order valence-corrected chi connectivity index (χ3v) is 3.26. The lowest BCUT2D eigenvalue weighted by Crippen LogP contribution is -2.02. The van der Waals surface area contributed by atoms with Crippen molar-refractivity contribution in [3.05, 3.63) is 52.1 Å². The molecule has 2 aromatic rings. The summed E-state index contributed by atoms with van der Waals surface area (Å²) in [5, 5.41) is 15.4. The summed E-state index contributed by atoms with van der Waals surface area (Å²) < 4.78 is 15.6. The minimum atomic E-state index is -0.512. The number of nitrogens with zero attached hydrogens (tertiary/aromatic N) is 2. The van der Waals surface area contributed by atoms with Crippen LogP contribution < -0.4 is 19.6 Å². The van der Waals surface area contributed by atoms with E-state index in [0.717, 1.165) is 11.4 Å². The standard InChI is InChI=1S/C17H19N3O5/c1-4-25-17-15(20(21)22)9-12(10-16(17)24-3)11-18-19-13-5-7-14(23-2)8-6-13/h5-11,19H,4H2,1-3H3/b18-11+. The molecule has 0 bridgehead atoms. The number of methoxy groups -OCH3 is 2. The van der Waals surface area contributed by atoms with Crippen molar-refractivity contribution in [2.24, 2.45) is 5.10 Å². The largest absolute Gasteiger partial charge is 0.497 e. The average molecular weight is 345 g/mol. The summed E-state index contributed by atoms with van der Waals surface area (Å²) >= 11 is 0. The van der Waals surface area contributed by atoms with Crippen LogP contribution in [0.15, 0.2) is 41.5 Å². The SMILES string of the molecule is CCOc1c(OC)cc(/C=N/Nc2ccc(OC)cc2)cc1[N+](=O)[O-]. The molecule has 8 nitrogen and oxygen atoms in total. The molecule has 2 aromatic carbocycles. The van der Waals surface area contributed by atoms with Gasteiger partial charge >= 0.3 is 5.69 Å². The smallest absolute Gasteiger partial charge is 0.315 e. The highest BCUT2D eigenvalue weighted by Crippen LogP contribution is 2.37. The Bertz CT molecular complexity index is 760. The van der Waals surface area contributed by atoms with Crippen LogP contribution in [0.5, 0.6) is 17.2 Å². The molecule has 1 N–H and O–H groups in total. The van der Waals surface area contributed by atoms with Crippen LogP contribution in [0.25, 0.3) is 0 Å². The van der Waals surface area contributed by atoms with Crippen molar-refractivity contribution in [2.45, 2.75) is 6.92 Å². The maximum Gasteiger partial charge on any atom is 0.315 e. The van der Waals surface area contributed by atoms with Crippen molar-refractivity contribution in [3.8, 4) is 17.2 Å². The normalized spacial score (nSPS) is 10.5. The lowest BCUT2D eigenvalue weighted by molar-refractivity contribution is -0.385. The molecule has 8 heteroatoms. The molecule has 0 aliphatic carbocycles. The third-order valence-electron chi connectivity index (χ3n) is 3.26. The molecule has 25 heavy (non-hydrogen) atoms. The predicted octanol–water partition coefficient (Wildman–Crippen LogP) is 3.46. The Morgan fingerprint density at radius 1 is 1.20 bits per heavy atom. The van der Waals surface area contributed by atoms with Gasteiger partial charge in [0.2, 0.25) is 5.75 Å². The van der Waals surface area contributed by atoms with Gasteiger partial charge < -0.3 is 14.2 Å². The number of nitro groups is 1. The van der Waals surface area contributed by atoms with E-state index < -0.39 is 4.92 Å². The second-order valence-electron chi connectivity index (χ2n) is 4.86. The van der Waals surface area contributed by atoms with E-state index in [1.807, 2.05) is 0 Å².